The number of carbonyl (C=O) groups is 5. The smallest absolute Gasteiger partial charge is 0.303 e. The van der Waals surface area contributed by atoms with Gasteiger partial charge in [0.1, 0.15) is 18.5 Å². The fourth-order valence-electron chi connectivity index (χ4n) is 4.94. The fraction of sp³-hybridized carbons (Fsp3) is 0.452. The Morgan fingerprint density at radius 1 is 0.778 bits per heavy atom. The van der Waals surface area contributed by atoms with E-state index < -0.39 is 61.2 Å². The highest BCUT2D eigenvalue weighted by Gasteiger charge is 2.53. The van der Waals surface area contributed by atoms with Crippen molar-refractivity contribution in [3.8, 4) is 16.9 Å². The van der Waals surface area contributed by atoms with Crippen LogP contribution in [0, 0.1) is 0 Å². The van der Waals surface area contributed by atoms with E-state index >= 15 is 0 Å². The normalized spacial score (nSPS) is 23.0. The van der Waals surface area contributed by atoms with Crippen molar-refractivity contribution in [2.45, 2.75) is 58.4 Å². The number of halogens is 1. The zero-order valence-electron chi connectivity index (χ0n) is 25.2. The molecule has 13 nitrogen and oxygen atoms in total. The summed E-state index contributed by atoms with van der Waals surface area (Å²) < 4.78 is 38.7. The third kappa shape index (κ3) is 8.93. The molecule has 0 radical (unpaired) electrons. The number of amides is 1. The molecule has 0 bridgehead atoms. The van der Waals surface area contributed by atoms with Gasteiger partial charge in [-0.05, 0) is 35.4 Å². The van der Waals surface area contributed by atoms with Gasteiger partial charge in [0.15, 0.2) is 12.2 Å². The number of hydrogen-bond donors (Lipinski definition) is 0. The van der Waals surface area contributed by atoms with Gasteiger partial charge < -0.3 is 38.1 Å². The third-order valence-electron chi connectivity index (χ3n) is 6.89. The van der Waals surface area contributed by atoms with Crippen molar-refractivity contribution in [1.82, 2.24) is 4.90 Å². The molecule has 2 saturated heterocycles. The van der Waals surface area contributed by atoms with Crippen LogP contribution in [-0.4, -0.2) is 98.3 Å². The van der Waals surface area contributed by atoms with Crippen molar-refractivity contribution in [1.29, 1.82) is 0 Å². The molecule has 45 heavy (non-hydrogen) atoms. The Labute approximate surface area is 264 Å². The molecule has 1 amide bonds. The van der Waals surface area contributed by atoms with E-state index in [0.29, 0.717) is 31.9 Å². The van der Waals surface area contributed by atoms with Gasteiger partial charge >= 0.3 is 23.9 Å². The molecule has 2 aromatic carbocycles. The van der Waals surface area contributed by atoms with Crippen molar-refractivity contribution in [2.75, 3.05) is 32.9 Å². The predicted octanol–water partition coefficient (Wildman–Crippen LogP) is 2.94. The van der Waals surface area contributed by atoms with E-state index in [9.17, 15) is 24.0 Å². The molecule has 0 unspecified atom stereocenters. The number of hydrogen-bond acceptors (Lipinski definition) is 12. The van der Waals surface area contributed by atoms with Crippen LogP contribution < -0.4 is 4.74 Å². The van der Waals surface area contributed by atoms with Crippen LogP contribution in [0.1, 0.15) is 38.1 Å². The van der Waals surface area contributed by atoms with E-state index in [1.165, 1.54) is 6.92 Å². The van der Waals surface area contributed by atoms with Crippen molar-refractivity contribution in [3.63, 3.8) is 0 Å². The molecule has 2 aliphatic heterocycles. The van der Waals surface area contributed by atoms with Crippen LogP contribution in [0.2, 0.25) is 5.02 Å². The first kappa shape index (κ1) is 33.7. The highest BCUT2D eigenvalue weighted by molar-refractivity contribution is 6.32. The molecular weight excluding hydrogens is 614 g/mol. The van der Waals surface area contributed by atoms with Crippen LogP contribution in [-0.2, 0) is 47.6 Å². The summed E-state index contributed by atoms with van der Waals surface area (Å²) in [5, 5.41) is 0.161. The van der Waals surface area contributed by atoms with E-state index in [1.54, 1.807) is 47.4 Å². The maximum absolute atomic E-state index is 12.8. The summed E-state index contributed by atoms with van der Waals surface area (Å²) in [6.45, 7) is 6.27. The largest absolute Gasteiger partial charge is 0.463 e. The molecule has 0 N–H and O–H groups in total. The van der Waals surface area contributed by atoms with Gasteiger partial charge in [-0.1, -0.05) is 29.8 Å². The minimum Gasteiger partial charge on any atom is -0.463 e. The molecule has 2 aromatic rings. The van der Waals surface area contributed by atoms with Crippen LogP contribution >= 0.6 is 11.6 Å². The lowest BCUT2D eigenvalue weighted by Gasteiger charge is -2.44. The second-order valence-electron chi connectivity index (χ2n) is 10.3. The summed E-state index contributed by atoms with van der Waals surface area (Å²) in [6.07, 6.45) is -6.70. The van der Waals surface area contributed by atoms with Crippen LogP contribution in [0.5, 0.6) is 5.75 Å². The summed E-state index contributed by atoms with van der Waals surface area (Å²) in [4.78, 5) is 62.2. The van der Waals surface area contributed by atoms with Crippen LogP contribution in [0.25, 0.3) is 11.1 Å². The first-order chi connectivity index (χ1) is 21.4. The Morgan fingerprint density at radius 2 is 1.36 bits per heavy atom. The Kier molecular flexibility index (Phi) is 11.4. The highest BCUT2D eigenvalue weighted by atomic mass is 35.5. The first-order valence-corrected chi connectivity index (χ1v) is 14.5. The molecule has 0 saturated carbocycles. The molecule has 14 heteroatoms. The number of nitrogens with zero attached hydrogens (tertiary/aromatic N) is 1. The van der Waals surface area contributed by atoms with Crippen LogP contribution in [0.15, 0.2) is 42.5 Å². The lowest BCUT2D eigenvalue weighted by atomic mass is 9.98. The van der Waals surface area contributed by atoms with Gasteiger partial charge in [0.05, 0.1) is 18.2 Å². The monoisotopic (exact) mass is 647 g/mol. The first-order valence-electron chi connectivity index (χ1n) is 14.2. The predicted molar refractivity (Wildman–Crippen MR) is 156 cm³/mol. The minimum absolute atomic E-state index is 0.0727. The zero-order valence-corrected chi connectivity index (χ0v) is 25.9. The lowest BCUT2D eigenvalue weighted by molar-refractivity contribution is -0.288. The summed E-state index contributed by atoms with van der Waals surface area (Å²) in [6, 6.07) is 12.0. The Bertz CT molecular complexity index is 1410. The summed E-state index contributed by atoms with van der Waals surface area (Å²) in [5.41, 5.74) is 2.06. The minimum atomic E-state index is -1.43. The average molecular weight is 648 g/mol. The number of ether oxygens (including phenoxy) is 7. The van der Waals surface area contributed by atoms with Crippen molar-refractivity contribution in [2.24, 2.45) is 0 Å². The van der Waals surface area contributed by atoms with Crippen LogP contribution in [0.4, 0.5) is 0 Å². The van der Waals surface area contributed by atoms with Gasteiger partial charge in [-0.25, -0.2) is 0 Å². The zero-order chi connectivity index (χ0) is 32.7. The van der Waals surface area contributed by atoms with Crippen molar-refractivity contribution in [3.05, 3.63) is 53.1 Å². The van der Waals surface area contributed by atoms with E-state index in [2.05, 4.69) is 0 Å². The number of morpholine rings is 1. The maximum atomic E-state index is 12.8. The molecule has 2 heterocycles. The highest BCUT2D eigenvalue weighted by Crippen LogP contribution is 2.35. The quantitative estimate of drug-likeness (QED) is 0.290. The fourth-order valence-corrected chi connectivity index (χ4v) is 5.16. The molecule has 242 valence electrons. The van der Waals surface area contributed by atoms with Crippen molar-refractivity contribution >= 4 is 41.4 Å². The summed E-state index contributed by atoms with van der Waals surface area (Å²) in [7, 11) is 0. The van der Waals surface area contributed by atoms with Gasteiger partial charge in [-0.15, -0.1) is 0 Å². The summed E-state index contributed by atoms with van der Waals surface area (Å²) in [5.74, 6) is -2.85. The molecule has 0 spiro atoms. The standard InChI is InChI=1S/C31H34ClNO12/c1-17(34)40-16-26-27(41-18(2)35)28(42-19(3)36)29(43-20(4)37)31(45-26)44-25-10-9-23(15-24(25)32)21-5-7-22(8-6-21)30(38)33-11-13-39-14-12-33/h5-10,15,26-29,31H,11-14,16H2,1-4H3/t26-,27-,28+,29+,31-/m1/s1. The number of benzene rings is 2. The van der Waals surface area contributed by atoms with Gasteiger partial charge in [0, 0.05) is 46.3 Å². The number of esters is 4. The average Bonchev–Trinajstić information content (AvgIpc) is 2.99. The van der Waals surface area contributed by atoms with Gasteiger partial charge in [0.2, 0.25) is 12.4 Å². The molecule has 2 aliphatic rings. The van der Waals surface area contributed by atoms with E-state index in [4.69, 9.17) is 44.8 Å². The molecule has 2 fully saturated rings. The molecule has 5 atom stereocenters. The Morgan fingerprint density at radius 3 is 1.93 bits per heavy atom. The summed E-state index contributed by atoms with van der Waals surface area (Å²) >= 11 is 6.61. The molecular formula is C31H34ClNO12. The molecule has 0 aliphatic carbocycles. The maximum Gasteiger partial charge on any atom is 0.303 e. The topological polar surface area (TPSA) is 153 Å². The molecule has 0 aromatic heterocycles. The van der Waals surface area contributed by atoms with Gasteiger partial charge in [-0.2, -0.15) is 0 Å². The van der Waals surface area contributed by atoms with Gasteiger partial charge in [-0.3, -0.25) is 24.0 Å². The SMILES string of the molecule is CC(=O)OC[C@H]1O[C@@H](Oc2ccc(-c3ccc(C(=O)N4CCOCC4)cc3)cc2Cl)[C@@H](OC(C)=O)[C@@H](OC(C)=O)[C@@H]1OC(C)=O. The van der Waals surface area contributed by atoms with E-state index in [-0.39, 0.29) is 16.7 Å². The number of rotatable bonds is 9. The van der Waals surface area contributed by atoms with E-state index in [0.717, 1.165) is 31.9 Å². The lowest BCUT2D eigenvalue weighted by Crippen LogP contribution is -2.63. The third-order valence-corrected chi connectivity index (χ3v) is 7.18. The Hall–Kier alpha value is -4.20. The second-order valence-corrected chi connectivity index (χ2v) is 10.7. The van der Waals surface area contributed by atoms with E-state index in [1.807, 2.05) is 0 Å². The number of carbonyl (C=O) groups excluding carboxylic acids is 5. The Balaban J connectivity index is 1.58. The van der Waals surface area contributed by atoms with Gasteiger partial charge in [0.25, 0.3) is 5.91 Å². The van der Waals surface area contributed by atoms with Crippen molar-refractivity contribution < 1.29 is 57.1 Å². The second kappa shape index (κ2) is 15.2. The molecule has 4 rings (SSSR count). The van der Waals surface area contributed by atoms with Crippen LogP contribution in [0.3, 0.4) is 0 Å².